The van der Waals surface area contributed by atoms with Gasteiger partial charge in [0, 0.05) is 19.7 Å². The van der Waals surface area contributed by atoms with Crippen molar-refractivity contribution in [3.63, 3.8) is 0 Å². The zero-order valence-electron chi connectivity index (χ0n) is 12.6. The van der Waals surface area contributed by atoms with E-state index >= 15 is 0 Å². The Morgan fingerprint density at radius 3 is 2.32 bits per heavy atom. The molecule has 0 aromatic heterocycles. The van der Waals surface area contributed by atoms with E-state index in [1.807, 2.05) is 0 Å². The fourth-order valence-corrected chi connectivity index (χ4v) is 1.81. The zero-order valence-corrected chi connectivity index (χ0v) is 12.6. The molecule has 0 saturated heterocycles. The molecule has 3 nitrogen and oxygen atoms in total. The monoisotopic (exact) mass is 265 g/mol. The van der Waals surface area contributed by atoms with E-state index in [1.54, 1.807) is 7.11 Å². The average Bonchev–Trinajstić information content (AvgIpc) is 2.41. The summed E-state index contributed by atoms with van der Waals surface area (Å²) in [6, 6.07) is 9.22. The Bertz CT molecular complexity index is 335. The van der Waals surface area contributed by atoms with Crippen molar-refractivity contribution in [1.29, 1.82) is 0 Å². The number of hydrogen-bond acceptors (Lipinski definition) is 3. The van der Waals surface area contributed by atoms with Crippen LogP contribution in [0.3, 0.4) is 0 Å². The third-order valence-electron chi connectivity index (χ3n) is 3.08. The number of nitrogens with one attached hydrogen (secondary N) is 1. The van der Waals surface area contributed by atoms with Crippen molar-refractivity contribution < 1.29 is 9.47 Å². The minimum absolute atomic E-state index is 0.533. The molecular formula is C16H27NO2. The summed E-state index contributed by atoms with van der Waals surface area (Å²) in [5, 5.41) is 3.47. The lowest BCUT2D eigenvalue weighted by molar-refractivity contribution is 0.0616. The molecule has 0 aliphatic rings. The molecule has 0 radical (unpaired) electrons. The maximum Gasteiger partial charge on any atom is 0.0718 e. The number of ether oxygens (including phenoxy) is 2. The maximum absolute atomic E-state index is 5.50. The van der Waals surface area contributed by atoms with Gasteiger partial charge in [-0.1, -0.05) is 45.0 Å². The van der Waals surface area contributed by atoms with Crippen molar-refractivity contribution in [1.82, 2.24) is 5.32 Å². The lowest BCUT2D eigenvalue weighted by atomic mass is 10.00. The number of methoxy groups -OCH3 is 1. The summed E-state index contributed by atoms with van der Waals surface area (Å²) in [6.45, 7) is 9.56. The highest BCUT2D eigenvalue weighted by atomic mass is 16.5. The smallest absolute Gasteiger partial charge is 0.0718 e. The van der Waals surface area contributed by atoms with Gasteiger partial charge in [0.05, 0.1) is 19.8 Å². The molecule has 0 heterocycles. The predicted octanol–water partition coefficient (Wildman–Crippen LogP) is 2.95. The first-order valence-corrected chi connectivity index (χ1v) is 7.02. The standard InChI is InChI=1S/C16H27NO2/c1-13(2)17-11-14(3)16-7-5-15(6-8-16)12-19-10-9-18-4/h5-8,13-14,17H,9-12H2,1-4H3. The first-order chi connectivity index (χ1) is 9.13. The molecule has 0 saturated carbocycles. The molecule has 0 fully saturated rings. The summed E-state index contributed by atoms with van der Waals surface area (Å²) < 4.78 is 10.4. The summed E-state index contributed by atoms with van der Waals surface area (Å²) in [5.41, 5.74) is 2.58. The van der Waals surface area contributed by atoms with E-state index in [2.05, 4.69) is 50.4 Å². The van der Waals surface area contributed by atoms with E-state index in [4.69, 9.17) is 9.47 Å². The van der Waals surface area contributed by atoms with Crippen LogP contribution in [0.15, 0.2) is 24.3 Å². The van der Waals surface area contributed by atoms with Crippen molar-refractivity contribution in [3.05, 3.63) is 35.4 Å². The fourth-order valence-electron chi connectivity index (χ4n) is 1.81. The van der Waals surface area contributed by atoms with Gasteiger partial charge in [0.25, 0.3) is 0 Å². The van der Waals surface area contributed by atoms with Crippen molar-refractivity contribution in [2.45, 2.75) is 39.3 Å². The molecule has 1 N–H and O–H groups in total. The molecular weight excluding hydrogens is 238 g/mol. The SMILES string of the molecule is COCCOCc1ccc(C(C)CNC(C)C)cc1. The molecule has 1 aromatic rings. The second-order valence-electron chi connectivity index (χ2n) is 5.25. The molecule has 1 aromatic carbocycles. The molecule has 0 spiro atoms. The minimum atomic E-state index is 0.533. The van der Waals surface area contributed by atoms with Crippen LogP contribution in [-0.4, -0.2) is 32.9 Å². The average molecular weight is 265 g/mol. The van der Waals surface area contributed by atoms with E-state index in [9.17, 15) is 0 Å². The lowest BCUT2D eigenvalue weighted by Gasteiger charge is -2.15. The van der Waals surface area contributed by atoms with Gasteiger partial charge in [0.2, 0.25) is 0 Å². The largest absolute Gasteiger partial charge is 0.382 e. The van der Waals surface area contributed by atoms with Crippen molar-refractivity contribution in [3.8, 4) is 0 Å². The van der Waals surface area contributed by atoms with Crippen LogP contribution in [0.25, 0.3) is 0 Å². The Labute approximate surface area is 117 Å². The number of rotatable bonds is 9. The summed E-state index contributed by atoms with van der Waals surface area (Å²) >= 11 is 0. The van der Waals surface area contributed by atoms with E-state index in [1.165, 1.54) is 11.1 Å². The molecule has 0 aliphatic carbocycles. The van der Waals surface area contributed by atoms with E-state index in [-0.39, 0.29) is 0 Å². The quantitative estimate of drug-likeness (QED) is 0.696. The van der Waals surface area contributed by atoms with Gasteiger partial charge in [-0.25, -0.2) is 0 Å². The summed E-state index contributed by atoms with van der Waals surface area (Å²) in [6.07, 6.45) is 0. The first-order valence-electron chi connectivity index (χ1n) is 7.02. The Hall–Kier alpha value is -0.900. The molecule has 108 valence electrons. The number of benzene rings is 1. The Kier molecular flexibility index (Phi) is 7.72. The zero-order chi connectivity index (χ0) is 14.1. The van der Waals surface area contributed by atoms with Gasteiger partial charge in [-0.05, 0) is 17.0 Å². The van der Waals surface area contributed by atoms with Gasteiger partial charge in [-0.2, -0.15) is 0 Å². The highest BCUT2D eigenvalue weighted by Gasteiger charge is 2.06. The van der Waals surface area contributed by atoms with Crippen LogP contribution in [0.2, 0.25) is 0 Å². The molecule has 1 unspecified atom stereocenters. The topological polar surface area (TPSA) is 30.5 Å². The highest BCUT2D eigenvalue weighted by molar-refractivity contribution is 5.24. The third-order valence-corrected chi connectivity index (χ3v) is 3.08. The van der Waals surface area contributed by atoms with E-state index < -0.39 is 0 Å². The van der Waals surface area contributed by atoms with Crippen LogP contribution < -0.4 is 5.32 Å². The Morgan fingerprint density at radius 1 is 1.05 bits per heavy atom. The normalized spacial score (nSPS) is 12.9. The van der Waals surface area contributed by atoms with Crippen LogP contribution in [-0.2, 0) is 16.1 Å². The molecule has 0 aliphatic heterocycles. The van der Waals surface area contributed by atoms with Crippen molar-refractivity contribution in [2.75, 3.05) is 26.9 Å². The van der Waals surface area contributed by atoms with Gasteiger partial charge in [0.15, 0.2) is 0 Å². The first kappa shape index (κ1) is 16.2. The second kappa shape index (κ2) is 9.08. The third kappa shape index (κ3) is 6.71. The molecule has 19 heavy (non-hydrogen) atoms. The van der Waals surface area contributed by atoms with Gasteiger partial charge in [0.1, 0.15) is 0 Å². The van der Waals surface area contributed by atoms with Crippen LogP contribution in [0, 0.1) is 0 Å². The van der Waals surface area contributed by atoms with Gasteiger partial charge in [-0.3, -0.25) is 0 Å². The summed E-state index contributed by atoms with van der Waals surface area (Å²) in [5.74, 6) is 0.533. The van der Waals surface area contributed by atoms with E-state index in [0.29, 0.717) is 31.8 Å². The van der Waals surface area contributed by atoms with E-state index in [0.717, 1.165) is 6.54 Å². The molecule has 1 atom stereocenters. The van der Waals surface area contributed by atoms with Gasteiger partial charge < -0.3 is 14.8 Å². The Balaban J connectivity index is 2.37. The van der Waals surface area contributed by atoms with Crippen LogP contribution in [0.5, 0.6) is 0 Å². The highest BCUT2D eigenvalue weighted by Crippen LogP contribution is 2.15. The predicted molar refractivity (Wildman–Crippen MR) is 79.5 cm³/mol. The number of hydrogen-bond donors (Lipinski definition) is 1. The summed E-state index contributed by atoms with van der Waals surface area (Å²) in [4.78, 5) is 0. The van der Waals surface area contributed by atoms with Crippen LogP contribution in [0.1, 0.15) is 37.8 Å². The van der Waals surface area contributed by atoms with Crippen molar-refractivity contribution in [2.24, 2.45) is 0 Å². The van der Waals surface area contributed by atoms with Crippen molar-refractivity contribution >= 4 is 0 Å². The second-order valence-corrected chi connectivity index (χ2v) is 5.25. The van der Waals surface area contributed by atoms with Gasteiger partial charge >= 0.3 is 0 Å². The summed E-state index contributed by atoms with van der Waals surface area (Å²) in [7, 11) is 1.69. The minimum Gasteiger partial charge on any atom is -0.382 e. The molecule has 1 rings (SSSR count). The molecule has 0 bridgehead atoms. The van der Waals surface area contributed by atoms with Gasteiger partial charge in [-0.15, -0.1) is 0 Å². The lowest BCUT2D eigenvalue weighted by Crippen LogP contribution is -2.26. The molecule has 3 heteroatoms. The van der Waals surface area contributed by atoms with Crippen LogP contribution in [0.4, 0.5) is 0 Å². The Morgan fingerprint density at radius 2 is 1.74 bits per heavy atom. The van der Waals surface area contributed by atoms with Crippen LogP contribution >= 0.6 is 0 Å². The molecule has 0 amide bonds. The fraction of sp³-hybridized carbons (Fsp3) is 0.625. The maximum atomic E-state index is 5.50.